The summed E-state index contributed by atoms with van der Waals surface area (Å²) in [7, 11) is 1.67. The molecule has 0 saturated carbocycles. The maximum absolute atomic E-state index is 5.38. The smallest absolute Gasteiger partial charge is 0.191 e. The fourth-order valence-corrected chi connectivity index (χ4v) is 2.04. The molecule has 0 aliphatic rings. The highest BCUT2D eigenvalue weighted by atomic mass is 32.1. The van der Waals surface area contributed by atoms with Crippen LogP contribution in [0.15, 0.2) is 21.8 Å². The predicted octanol–water partition coefficient (Wildman–Crippen LogP) is 1.47. The Bertz CT molecular complexity index is 342. The van der Waals surface area contributed by atoms with Gasteiger partial charge in [0.05, 0.1) is 26.4 Å². The number of hydrogen-bond donors (Lipinski definition) is 2. The molecule has 2 N–H and O–H groups in total. The molecule has 1 aromatic rings. The molecule has 0 spiro atoms. The molecular formula is C13H23N3O2S. The Labute approximate surface area is 119 Å². The topological polar surface area (TPSA) is 54.9 Å². The summed E-state index contributed by atoms with van der Waals surface area (Å²) in [5.74, 6) is 0.823. The summed E-state index contributed by atoms with van der Waals surface area (Å²) in [4.78, 5) is 4.51. The molecular weight excluding hydrogens is 262 g/mol. The highest BCUT2D eigenvalue weighted by Gasteiger charge is 1.97. The van der Waals surface area contributed by atoms with Gasteiger partial charge in [0.15, 0.2) is 5.96 Å². The van der Waals surface area contributed by atoms with E-state index in [1.54, 1.807) is 18.4 Å². The second-order valence-electron chi connectivity index (χ2n) is 3.86. The Morgan fingerprint density at radius 1 is 1.32 bits per heavy atom. The lowest BCUT2D eigenvalue weighted by molar-refractivity contribution is 0.0733. The summed E-state index contributed by atoms with van der Waals surface area (Å²) in [5.41, 5.74) is 1.23. The Morgan fingerprint density at radius 3 is 2.89 bits per heavy atom. The minimum atomic E-state index is 0.626. The van der Waals surface area contributed by atoms with Crippen LogP contribution in [-0.4, -0.2) is 46.0 Å². The van der Waals surface area contributed by atoms with Crippen molar-refractivity contribution >= 4 is 17.3 Å². The highest BCUT2D eigenvalue weighted by Crippen LogP contribution is 2.06. The molecule has 19 heavy (non-hydrogen) atoms. The first kappa shape index (κ1) is 15.9. The number of aliphatic imine (C=N–C) groups is 1. The lowest BCUT2D eigenvalue weighted by atomic mass is 10.3. The van der Waals surface area contributed by atoms with Gasteiger partial charge >= 0.3 is 0 Å². The van der Waals surface area contributed by atoms with E-state index >= 15 is 0 Å². The van der Waals surface area contributed by atoms with Crippen LogP contribution in [0.4, 0.5) is 0 Å². The van der Waals surface area contributed by atoms with E-state index in [0.29, 0.717) is 26.4 Å². The number of nitrogens with zero attached hydrogens (tertiary/aromatic N) is 1. The van der Waals surface area contributed by atoms with Crippen LogP contribution < -0.4 is 10.6 Å². The number of methoxy groups -OCH3 is 1. The van der Waals surface area contributed by atoms with E-state index in [2.05, 4.69) is 39.4 Å². The molecule has 0 atom stereocenters. The molecule has 0 unspecified atom stereocenters. The van der Waals surface area contributed by atoms with Gasteiger partial charge in [0, 0.05) is 20.2 Å². The van der Waals surface area contributed by atoms with Gasteiger partial charge in [-0.05, 0) is 29.3 Å². The fourth-order valence-electron chi connectivity index (χ4n) is 1.38. The van der Waals surface area contributed by atoms with Gasteiger partial charge in [-0.15, -0.1) is 0 Å². The molecule has 6 heteroatoms. The Morgan fingerprint density at radius 2 is 2.21 bits per heavy atom. The number of hydrogen-bond acceptors (Lipinski definition) is 4. The lowest BCUT2D eigenvalue weighted by Gasteiger charge is -2.11. The van der Waals surface area contributed by atoms with Crippen molar-refractivity contribution in [3.05, 3.63) is 22.4 Å². The fraction of sp³-hybridized carbons (Fsp3) is 0.615. The summed E-state index contributed by atoms with van der Waals surface area (Å²) in [5, 5.41) is 10.6. The molecule has 1 heterocycles. The van der Waals surface area contributed by atoms with Crippen molar-refractivity contribution in [2.45, 2.75) is 13.5 Å². The monoisotopic (exact) mass is 285 g/mol. The van der Waals surface area contributed by atoms with Crippen LogP contribution in [-0.2, 0) is 16.0 Å². The third-order valence-electron chi connectivity index (χ3n) is 2.31. The van der Waals surface area contributed by atoms with Crippen molar-refractivity contribution in [2.24, 2.45) is 4.99 Å². The van der Waals surface area contributed by atoms with Gasteiger partial charge in [0.25, 0.3) is 0 Å². The number of ether oxygens (including phenoxy) is 2. The van der Waals surface area contributed by atoms with Crippen molar-refractivity contribution in [1.82, 2.24) is 10.6 Å². The molecule has 0 bridgehead atoms. The van der Waals surface area contributed by atoms with Crippen LogP contribution in [0.5, 0.6) is 0 Å². The summed E-state index contributed by atoms with van der Waals surface area (Å²) in [6, 6.07) is 2.09. The predicted molar refractivity (Wildman–Crippen MR) is 79.8 cm³/mol. The summed E-state index contributed by atoms with van der Waals surface area (Å²) in [6.07, 6.45) is 0. The van der Waals surface area contributed by atoms with Crippen LogP contribution in [0.2, 0.25) is 0 Å². The lowest BCUT2D eigenvalue weighted by Crippen LogP contribution is -2.39. The SMILES string of the molecule is CCNC(=NCc1ccsc1)NCCOCCOC. The molecule has 0 aromatic carbocycles. The van der Waals surface area contributed by atoms with Gasteiger partial charge in [-0.3, -0.25) is 0 Å². The number of nitrogens with one attached hydrogen (secondary N) is 2. The van der Waals surface area contributed by atoms with Gasteiger partial charge in [-0.2, -0.15) is 11.3 Å². The van der Waals surface area contributed by atoms with Gasteiger partial charge in [-0.25, -0.2) is 4.99 Å². The molecule has 5 nitrogen and oxygen atoms in total. The van der Waals surface area contributed by atoms with Crippen molar-refractivity contribution in [2.75, 3.05) is 40.0 Å². The minimum absolute atomic E-state index is 0.626. The molecule has 0 saturated heterocycles. The average Bonchev–Trinajstić information content (AvgIpc) is 2.93. The van der Waals surface area contributed by atoms with Crippen LogP contribution in [0.1, 0.15) is 12.5 Å². The standard InChI is InChI=1S/C13H23N3O2S/c1-3-14-13(15-5-6-18-8-7-17-2)16-10-12-4-9-19-11-12/h4,9,11H,3,5-8,10H2,1-2H3,(H2,14,15,16). The van der Waals surface area contributed by atoms with E-state index in [0.717, 1.165) is 19.0 Å². The average molecular weight is 285 g/mol. The third-order valence-corrected chi connectivity index (χ3v) is 3.05. The van der Waals surface area contributed by atoms with Gasteiger partial charge < -0.3 is 20.1 Å². The third kappa shape index (κ3) is 7.81. The van der Waals surface area contributed by atoms with Crippen LogP contribution in [0.3, 0.4) is 0 Å². The molecule has 0 aliphatic heterocycles. The maximum atomic E-state index is 5.38. The largest absolute Gasteiger partial charge is 0.382 e. The van der Waals surface area contributed by atoms with Crippen molar-refractivity contribution in [3.8, 4) is 0 Å². The molecule has 0 fully saturated rings. The van der Waals surface area contributed by atoms with Gasteiger partial charge in [0.2, 0.25) is 0 Å². The molecule has 0 aliphatic carbocycles. The van der Waals surface area contributed by atoms with E-state index in [1.807, 2.05) is 0 Å². The quantitative estimate of drug-likeness (QED) is 0.410. The number of thiophene rings is 1. The first-order chi connectivity index (χ1) is 9.36. The second-order valence-corrected chi connectivity index (χ2v) is 4.64. The molecule has 1 rings (SSSR count). The van der Waals surface area contributed by atoms with E-state index in [4.69, 9.17) is 9.47 Å². The second kappa shape index (κ2) is 10.8. The molecule has 0 radical (unpaired) electrons. The first-order valence-corrected chi connectivity index (χ1v) is 7.41. The molecule has 1 aromatic heterocycles. The van der Waals surface area contributed by atoms with Crippen molar-refractivity contribution in [3.63, 3.8) is 0 Å². The Balaban J connectivity index is 2.21. The minimum Gasteiger partial charge on any atom is -0.382 e. The van der Waals surface area contributed by atoms with E-state index in [-0.39, 0.29) is 0 Å². The number of guanidine groups is 1. The highest BCUT2D eigenvalue weighted by molar-refractivity contribution is 7.07. The maximum Gasteiger partial charge on any atom is 0.191 e. The zero-order chi connectivity index (χ0) is 13.8. The van der Waals surface area contributed by atoms with Crippen molar-refractivity contribution in [1.29, 1.82) is 0 Å². The zero-order valence-corrected chi connectivity index (χ0v) is 12.5. The van der Waals surface area contributed by atoms with Gasteiger partial charge in [-0.1, -0.05) is 0 Å². The zero-order valence-electron chi connectivity index (χ0n) is 11.6. The summed E-state index contributed by atoms with van der Waals surface area (Å²) >= 11 is 1.69. The normalized spacial score (nSPS) is 11.6. The Hall–Kier alpha value is -1.11. The first-order valence-electron chi connectivity index (χ1n) is 6.46. The van der Waals surface area contributed by atoms with E-state index in [9.17, 15) is 0 Å². The summed E-state index contributed by atoms with van der Waals surface area (Å²) in [6.45, 7) is 6.23. The number of rotatable bonds is 9. The van der Waals surface area contributed by atoms with Gasteiger partial charge in [0.1, 0.15) is 0 Å². The summed E-state index contributed by atoms with van der Waals surface area (Å²) < 4.78 is 10.3. The van der Waals surface area contributed by atoms with Crippen molar-refractivity contribution < 1.29 is 9.47 Å². The Kier molecular flexibility index (Phi) is 9.05. The molecule has 0 amide bonds. The van der Waals surface area contributed by atoms with E-state index in [1.165, 1.54) is 5.56 Å². The van der Waals surface area contributed by atoms with Crippen LogP contribution in [0.25, 0.3) is 0 Å². The van der Waals surface area contributed by atoms with Crippen LogP contribution >= 0.6 is 11.3 Å². The van der Waals surface area contributed by atoms with Crippen LogP contribution in [0, 0.1) is 0 Å². The van der Waals surface area contributed by atoms with E-state index < -0.39 is 0 Å². The molecule has 108 valence electrons.